The van der Waals surface area contributed by atoms with Gasteiger partial charge in [0.05, 0.1) is 10.6 Å². The van der Waals surface area contributed by atoms with Gasteiger partial charge in [-0.15, -0.1) is 11.3 Å². The number of hydrogen-bond donors (Lipinski definition) is 0. The Morgan fingerprint density at radius 1 is 1.19 bits per heavy atom. The monoisotopic (exact) mass is 454 g/mol. The maximum Gasteiger partial charge on any atom is 0.295 e. The molecule has 1 aromatic carbocycles. The van der Waals surface area contributed by atoms with Gasteiger partial charge in [0.15, 0.2) is 0 Å². The lowest BCUT2D eigenvalue weighted by atomic mass is 9.89. The first-order valence-corrected chi connectivity index (χ1v) is 11.4. The number of halogens is 1. The fourth-order valence-electron chi connectivity index (χ4n) is 3.81. The third kappa shape index (κ3) is 4.62. The Kier molecular flexibility index (Phi) is 6.34. The maximum absolute atomic E-state index is 12.9. The molecule has 1 saturated heterocycles. The summed E-state index contributed by atoms with van der Waals surface area (Å²) in [5.74, 6) is -0.251. The van der Waals surface area contributed by atoms with Crippen LogP contribution in [0.5, 0.6) is 0 Å². The zero-order chi connectivity index (χ0) is 22.0. The van der Waals surface area contributed by atoms with Crippen LogP contribution in [0.25, 0.3) is 11.1 Å². The van der Waals surface area contributed by atoms with Gasteiger partial charge in [-0.05, 0) is 42.0 Å². The summed E-state index contributed by atoms with van der Waals surface area (Å²) >= 11 is 7.36. The number of anilines is 1. The lowest BCUT2D eigenvalue weighted by Crippen LogP contribution is -2.42. The average Bonchev–Trinajstić information content (AvgIpc) is 3.33. The van der Waals surface area contributed by atoms with Gasteiger partial charge >= 0.3 is 0 Å². The molecular formula is C23H23ClN4O2S. The van der Waals surface area contributed by atoms with Gasteiger partial charge in [-0.25, -0.2) is 9.97 Å². The fourth-order valence-corrected chi connectivity index (χ4v) is 4.59. The van der Waals surface area contributed by atoms with Crippen LogP contribution in [0.2, 0.25) is 5.02 Å². The highest BCUT2D eigenvalue weighted by Gasteiger charge is 2.31. The number of hydrogen-bond acceptors (Lipinski definition) is 6. The number of carbonyl (C=O) groups is 2. The molecule has 1 unspecified atom stereocenters. The molecule has 0 radical (unpaired) electrons. The number of ketones is 1. The molecule has 4 rings (SSSR count). The highest BCUT2D eigenvalue weighted by molar-refractivity contribution is 7.13. The van der Waals surface area contributed by atoms with Crippen molar-refractivity contribution in [1.29, 1.82) is 0 Å². The molecule has 0 spiro atoms. The summed E-state index contributed by atoms with van der Waals surface area (Å²) in [5, 5.41) is 2.47. The molecular weight excluding hydrogens is 432 g/mol. The van der Waals surface area contributed by atoms with E-state index >= 15 is 0 Å². The van der Waals surface area contributed by atoms with E-state index in [0.29, 0.717) is 28.9 Å². The Bertz CT molecular complexity index is 1080. The number of benzene rings is 1. The lowest BCUT2D eigenvalue weighted by molar-refractivity contribution is -0.127. The summed E-state index contributed by atoms with van der Waals surface area (Å²) in [4.78, 5) is 38.8. The van der Waals surface area contributed by atoms with Crippen LogP contribution in [0, 0.1) is 0 Å². The number of carbonyl (C=O) groups excluding carboxylic acids is 2. The van der Waals surface area contributed by atoms with Crippen LogP contribution in [0.4, 0.5) is 5.95 Å². The molecule has 3 heterocycles. The van der Waals surface area contributed by atoms with E-state index in [-0.39, 0.29) is 5.92 Å². The number of thiophene rings is 1. The van der Waals surface area contributed by atoms with Crippen LogP contribution in [-0.4, -0.2) is 53.7 Å². The number of nitrogens with zero attached hydrogens (tertiary/aromatic N) is 4. The van der Waals surface area contributed by atoms with Gasteiger partial charge in [0.25, 0.3) is 11.7 Å². The molecule has 3 aromatic rings. The SMILES string of the molecule is CN(C)c1ncc(-c2ccc(Cl)cc2)c(C2CCCN(C(=O)C(=O)c3cccs3)C2)n1. The minimum Gasteiger partial charge on any atom is -0.347 e. The van der Waals surface area contributed by atoms with E-state index in [1.54, 1.807) is 17.0 Å². The number of rotatable bonds is 5. The summed E-state index contributed by atoms with van der Waals surface area (Å²) in [6, 6.07) is 11.1. The maximum atomic E-state index is 12.9. The third-order valence-electron chi connectivity index (χ3n) is 5.40. The Morgan fingerprint density at radius 3 is 2.65 bits per heavy atom. The minimum atomic E-state index is -0.443. The molecule has 1 atom stereocenters. The van der Waals surface area contributed by atoms with E-state index in [9.17, 15) is 9.59 Å². The molecule has 1 fully saturated rings. The number of amides is 1. The molecule has 0 saturated carbocycles. The summed E-state index contributed by atoms with van der Waals surface area (Å²) in [7, 11) is 3.80. The van der Waals surface area contributed by atoms with Crippen molar-refractivity contribution in [2.45, 2.75) is 18.8 Å². The number of aromatic nitrogens is 2. The van der Waals surface area contributed by atoms with Crippen molar-refractivity contribution in [2.24, 2.45) is 0 Å². The van der Waals surface area contributed by atoms with Crippen LogP contribution < -0.4 is 4.90 Å². The molecule has 1 aliphatic rings. The Hall–Kier alpha value is -2.77. The predicted octanol–water partition coefficient (Wildman–Crippen LogP) is 4.51. The molecule has 160 valence electrons. The van der Waals surface area contributed by atoms with Gasteiger partial charge in [-0.3, -0.25) is 9.59 Å². The van der Waals surface area contributed by atoms with Crippen LogP contribution in [-0.2, 0) is 4.79 Å². The molecule has 0 N–H and O–H groups in total. The van der Waals surface area contributed by atoms with E-state index in [1.807, 2.05) is 54.8 Å². The lowest BCUT2D eigenvalue weighted by Gasteiger charge is -2.33. The number of Topliss-reactive ketones (excluding diaryl/α,β-unsaturated/α-hetero) is 1. The van der Waals surface area contributed by atoms with Gasteiger partial charge in [-0.2, -0.15) is 0 Å². The molecule has 0 bridgehead atoms. The first kappa shape index (κ1) is 21.5. The van der Waals surface area contributed by atoms with E-state index in [2.05, 4.69) is 4.98 Å². The van der Waals surface area contributed by atoms with Crippen molar-refractivity contribution in [2.75, 3.05) is 32.1 Å². The van der Waals surface area contributed by atoms with Crippen LogP contribution >= 0.6 is 22.9 Å². The largest absolute Gasteiger partial charge is 0.347 e. The Balaban J connectivity index is 1.65. The van der Waals surface area contributed by atoms with Crippen LogP contribution in [0.1, 0.15) is 34.1 Å². The first-order chi connectivity index (χ1) is 14.9. The molecule has 6 nitrogen and oxygen atoms in total. The van der Waals surface area contributed by atoms with E-state index < -0.39 is 11.7 Å². The zero-order valence-electron chi connectivity index (χ0n) is 17.4. The molecule has 2 aromatic heterocycles. The Labute approximate surface area is 190 Å². The van der Waals surface area contributed by atoms with Crippen molar-refractivity contribution >= 4 is 40.6 Å². The summed E-state index contributed by atoms with van der Waals surface area (Å²) < 4.78 is 0. The molecule has 0 aliphatic carbocycles. The zero-order valence-corrected chi connectivity index (χ0v) is 19.0. The molecule has 1 aliphatic heterocycles. The van der Waals surface area contributed by atoms with Crippen molar-refractivity contribution in [1.82, 2.24) is 14.9 Å². The second-order valence-corrected chi connectivity index (χ2v) is 9.15. The van der Waals surface area contributed by atoms with Crippen molar-refractivity contribution in [3.05, 3.63) is 63.6 Å². The van der Waals surface area contributed by atoms with Crippen LogP contribution in [0.15, 0.2) is 48.0 Å². The number of likely N-dealkylation sites (tertiary alicyclic amines) is 1. The van der Waals surface area contributed by atoms with Gasteiger partial charge < -0.3 is 9.80 Å². The van der Waals surface area contributed by atoms with Gasteiger partial charge in [0, 0.05) is 49.9 Å². The molecule has 31 heavy (non-hydrogen) atoms. The quantitative estimate of drug-likeness (QED) is 0.419. The van der Waals surface area contributed by atoms with E-state index in [4.69, 9.17) is 16.6 Å². The highest BCUT2D eigenvalue weighted by Crippen LogP contribution is 2.34. The Morgan fingerprint density at radius 2 is 1.97 bits per heavy atom. The van der Waals surface area contributed by atoms with Crippen molar-refractivity contribution < 1.29 is 9.59 Å². The predicted molar refractivity (Wildman–Crippen MR) is 124 cm³/mol. The third-order valence-corrected chi connectivity index (χ3v) is 6.52. The summed E-state index contributed by atoms with van der Waals surface area (Å²) in [5.41, 5.74) is 2.79. The first-order valence-electron chi connectivity index (χ1n) is 10.1. The van der Waals surface area contributed by atoms with Gasteiger partial charge in [-0.1, -0.05) is 29.8 Å². The van der Waals surface area contributed by atoms with E-state index in [1.165, 1.54) is 11.3 Å². The average molecular weight is 455 g/mol. The number of piperidine rings is 1. The smallest absolute Gasteiger partial charge is 0.295 e. The second-order valence-electron chi connectivity index (χ2n) is 7.77. The van der Waals surface area contributed by atoms with E-state index in [0.717, 1.165) is 29.7 Å². The van der Waals surface area contributed by atoms with Gasteiger partial charge in [0.1, 0.15) is 0 Å². The second kappa shape index (κ2) is 9.16. The summed E-state index contributed by atoms with van der Waals surface area (Å²) in [6.07, 6.45) is 3.54. The fraction of sp³-hybridized carbons (Fsp3) is 0.304. The van der Waals surface area contributed by atoms with Gasteiger partial charge in [0.2, 0.25) is 5.95 Å². The highest BCUT2D eigenvalue weighted by atomic mass is 35.5. The topological polar surface area (TPSA) is 66.4 Å². The van der Waals surface area contributed by atoms with Crippen LogP contribution in [0.3, 0.4) is 0 Å². The van der Waals surface area contributed by atoms with Crippen molar-refractivity contribution in [3.63, 3.8) is 0 Å². The summed E-state index contributed by atoms with van der Waals surface area (Å²) in [6.45, 7) is 1.04. The normalized spacial score (nSPS) is 16.2. The molecule has 8 heteroatoms. The minimum absolute atomic E-state index is 0.0150. The standard InChI is InChI=1S/C23H23ClN4O2S/c1-27(2)23-25-13-18(15-7-9-17(24)10-8-15)20(26-23)16-5-3-11-28(14-16)22(30)21(29)19-6-4-12-31-19/h4,6-10,12-13,16H,3,5,11,14H2,1-2H3. The van der Waals surface area contributed by atoms with Crippen molar-refractivity contribution in [3.8, 4) is 11.1 Å². The molecule has 1 amide bonds.